The number of hydrogen-bond acceptors (Lipinski definition) is 9. The minimum Gasteiger partial charge on any atom is -0.464 e. The Hall–Kier alpha value is -4.35. The third-order valence-corrected chi connectivity index (χ3v) is 7.70. The Bertz CT molecular complexity index is 1480. The van der Waals surface area contributed by atoms with Crippen molar-refractivity contribution in [3.63, 3.8) is 0 Å². The number of ether oxygens (including phenoxy) is 2. The van der Waals surface area contributed by atoms with E-state index in [1.54, 1.807) is 26.8 Å². The number of nitrogens with one attached hydrogen (secondary N) is 2. The molecule has 3 heterocycles. The molecule has 0 aliphatic carbocycles. The number of esters is 1. The number of carbonyl (C=O) groups excluding carboxylic acids is 2. The van der Waals surface area contributed by atoms with Crippen LogP contribution in [0.2, 0.25) is 0 Å². The number of fused-ring (bicyclic) bond motifs is 1. The van der Waals surface area contributed by atoms with E-state index in [0.717, 1.165) is 45.4 Å². The van der Waals surface area contributed by atoms with Crippen LogP contribution in [0.5, 0.6) is 0 Å². The fourth-order valence-corrected chi connectivity index (χ4v) is 5.31. The SMILES string of the molecule is CCOC(=O)C(C)(C)NC(=O)c1nnc2ccc(NCCCN3CCC(OC(c4ccccc4)c4ccccc4)CC3)nn12. The molecule has 232 valence electrons. The molecule has 4 aromatic rings. The fourth-order valence-electron chi connectivity index (χ4n) is 5.31. The van der Waals surface area contributed by atoms with Gasteiger partial charge in [-0.3, -0.25) is 4.79 Å². The molecule has 1 fully saturated rings. The van der Waals surface area contributed by atoms with Crippen molar-refractivity contribution in [2.45, 2.75) is 57.8 Å². The van der Waals surface area contributed by atoms with Gasteiger partial charge in [0.15, 0.2) is 5.65 Å². The molecule has 11 nitrogen and oxygen atoms in total. The maximum atomic E-state index is 12.9. The zero-order chi connectivity index (χ0) is 30.9. The predicted octanol–water partition coefficient (Wildman–Crippen LogP) is 4.27. The van der Waals surface area contributed by atoms with Crippen LogP contribution in [0.4, 0.5) is 5.82 Å². The van der Waals surface area contributed by atoms with Crippen molar-refractivity contribution >= 4 is 23.3 Å². The number of benzene rings is 2. The minimum atomic E-state index is -1.22. The summed E-state index contributed by atoms with van der Waals surface area (Å²) in [5.41, 5.74) is 1.57. The van der Waals surface area contributed by atoms with Crippen molar-refractivity contribution in [2.24, 2.45) is 0 Å². The first kappa shape index (κ1) is 31.1. The average Bonchev–Trinajstić information content (AvgIpc) is 3.47. The van der Waals surface area contributed by atoms with Crippen molar-refractivity contribution in [3.8, 4) is 0 Å². The number of likely N-dealkylation sites (tertiary alicyclic amines) is 1. The zero-order valence-corrected chi connectivity index (χ0v) is 25.6. The van der Waals surface area contributed by atoms with Crippen molar-refractivity contribution < 1.29 is 19.1 Å². The number of amides is 1. The van der Waals surface area contributed by atoms with Gasteiger partial charge in [0, 0.05) is 19.6 Å². The van der Waals surface area contributed by atoms with Crippen molar-refractivity contribution in [2.75, 3.05) is 38.1 Å². The fraction of sp³-hybridized carbons (Fsp3) is 0.424. The second kappa shape index (κ2) is 14.4. The zero-order valence-electron chi connectivity index (χ0n) is 25.6. The number of piperidine rings is 1. The standard InChI is InChI=1S/C33H41N7O4/c1-4-43-32(42)33(2,3)35-31(41)30-37-36-28-17-16-27(38-40(28)30)34-20-11-21-39-22-18-26(19-23-39)44-29(24-12-7-5-8-13-24)25-14-9-6-10-15-25/h5-10,12-17,26,29H,4,11,18-23H2,1-3H3,(H,34,38)(H,35,41). The minimum absolute atomic E-state index is 0.00659. The first-order valence-corrected chi connectivity index (χ1v) is 15.3. The second-order valence-corrected chi connectivity index (χ2v) is 11.5. The lowest BCUT2D eigenvalue weighted by molar-refractivity contribution is -0.149. The van der Waals surface area contributed by atoms with E-state index in [1.807, 2.05) is 18.2 Å². The van der Waals surface area contributed by atoms with Crippen LogP contribution >= 0.6 is 0 Å². The summed E-state index contributed by atoms with van der Waals surface area (Å²) in [6, 6.07) is 24.4. The van der Waals surface area contributed by atoms with Crippen LogP contribution in [0.3, 0.4) is 0 Å². The largest absolute Gasteiger partial charge is 0.464 e. The summed E-state index contributed by atoms with van der Waals surface area (Å²) in [7, 11) is 0. The van der Waals surface area contributed by atoms with Crippen LogP contribution in [0.25, 0.3) is 5.65 Å². The third-order valence-electron chi connectivity index (χ3n) is 7.70. The number of hydrogen-bond donors (Lipinski definition) is 2. The van der Waals surface area contributed by atoms with Crippen LogP contribution in [-0.2, 0) is 14.3 Å². The highest BCUT2D eigenvalue weighted by Gasteiger charge is 2.33. The van der Waals surface area contributed by atoms with Gasteiger partial charge in [-0.25, -0.2) is 4.79 Å². The highest BCUT2D eigenvalue weighted by atomic mass is 16.5. The van der Waals surface area contributed by atoms with E-state index in [4.69, 9.17) is 9.47 Å². The number of rotatable bonds is 13. The summed E-state index contributed by atoms with van der Waals surface area (Å²) >= 11 is 0. The Kier molecular flexibility index (Phi) is 10.2. The summed E-state index contributed by atoms with van der Waals surface area (Å²) in [6.45, 7) is 8.76. The van der Waals surface area contributed by atoms with E-state index in [2.05, 4.69) is 79.4 Å². The molecule has 1 saturated heterocycles. The van der Waals surface area contributed by atoms with Crippen LogP contribution in [0.1, 0.15) is 67.9 Å². The molecule has 0 unspecified atom stereocenters. The topological polar surface area (TPSA) is 123 Å². The number of anilines is 1. The molecular weight excluding hydrogens is 558 g/mol. The molecule has 11 heteroatoms. The summed E-state index contributed by atoms with van der Waals surface area (Å²) in [5, 5.41) is 18.5. The molecule has 1 aliphatic heterocycles. The first-order chi connectivity index (χ1) is 21.3. The third kappa shape index (κ3) is 7.78. The van der Waals surface area contributed by atoms with E-state index in [-0.39, 0.29) is 24.6 Å². The molecule has 5 rings (SSSR count). The lowest BCUT2D eigenvalue weighted by Crippen LogP contribution is -2.51. The molecule has 44 heavy (non-hydrogen) atoms. The van der Waals surface area contributed by atoms with Gasteiger partial charge in [-0.05, 0) is 69.8 Å². The van der Waals surface area contributed by atoms with Crippen LogP contribution in [0.15, 0.2) is 72.8 Å². The van der Waals surface area contributed by atoms with E-state index in [1.165, 1.54) is 15.6 Å². The smallest absolute Gasteiger partial charge is 0.331 e. The van der Waals surface area contributed by atoms with Gasteiger partial charge in [0.1, 0.15) is 17.5 Å². The average molecular weight is 600 g/mol. The first-order valence-electron chi connectivity index (χ1n) is 15.3. The molecule has 0 spiro atoms. The van der Waals surface area contributed by atoms with Gasteiger partial charge >= 0.3 is 5.97 Å². The van der Waals surface area contributed by atoms with Crippen molar-refractivity contribution in [1.82, 2.24) is 30.0 Å². The van der Waals surface area contributed by atoms with Gasteiger partial charge in [-0.15, -0.1) is 15.3 Å². The van der Waals surface area contributed by atoms with Gasteiger partial charge in [0.05, 0.1) is 12.7 Å². The molecule has 0 atom stereocenters. The second-order valence-electron chi connectivity index (χ2n) is 11.5. The lowest BCUT2D eigenvalue weighted by atomic mass is 10.00. The van der Waals surface area contributed by atoms with Gasteiger partial charge in [-0.1, -0.05) is 60.7 Å². The van der Waals surface area contributed by atoms with E-state index < -0.39 is 17.4 Å². The quantitative estimate of drug-likeness (QED) is 0.171. The van der Waals surface area contributed by atoms with Crippen LogP contribution < -0.4 is 10.6 Å². The summed E-state index contributed by atoms with van der Waals surface area (Å²) in [4.78, 5) is 27.6. The van der Waals surface area contributed by atoms with Gasteiger partial charge in [-0.2, -0.15) is 4.52 Å². The number of carbonyl (C=O) groups is 2. The number of nitrogens with zero attached hydrogens (tertiary/aromatic N) is 5. The highest BCUT2D eigenvalue weighted by molar-refractivity contribution is 5.95. The Morgan fingerprint density at radius 3 is 2.25 bits per heavy atom. The maximum Gasteiger partial charge on any atom is 0.331 e. The summed E-state index contributed by atoms with van der Waals surface area (Å²) in [6.07, 6.45) is 3.07. The molecule has 1 aliphatic rings. The molecule has 2 aromatic heterocycles. The van der Waals surface area contributed by atoms with E-state index in [9.17, 15) is 9.59 Å². The normalized spacial score (nSPS) is 14.5. The van der Waals surface area contributed by atoms with Crippen LogP contribution in [0, 0.1) is 0 Å². The Balaban J connectivity index is 1.09. The van der Waals surface area contributed by atoms with Gasteiger partial charge in [0.25, 0.3) is 5.91 Å². The van der Waals surface area contributed by atoms with Crippen LogP contribution in [-0.4, -0.2) is 81.0 Å². The van der Waals surface area contributed by atoms with Gasteiger partial charge in [0.2, 0.25) is 5.82 Å². The molecule has 0 bridgehead atoms. The number of aromatic nitrogens is 4. The summed E-state index contributed by atoms with van der Waals surface area (Å²) < 4.78 is 13.1. The van der Waals surface area contributed by atoms with E-state index in [0.29, 0.717) is 11.5 Å². The van der Waals surface area contributed by atoms with Crippen molar-refractivity contribution in [1.29, 1.82) is 0 Å². The molecular formula is C33H41N7O4. The molecule has 1 amide bonds. The Morgan fingerprint density at radius 1 is 0.955 bits per heavy atom. The lowest BCUT2D eigenvalue weighted by Gasteiger charge is -2.34. The van der Waals surface area contributed by atoms with Crippen molar-refractivity contribution in [3.05, 3.63) is 89.7 Å². The molecule has 0 saturated carbocycles. The molecule has 0 radical (unpaired) electrons. The van der Waals surface area contributed by atoms with Gasteiger partial charge < -0.3 is 25.0 Å². The monoisotopic (exact) mass is 599 g/mol. The maximum absolute atomic E-state index is 12.9. The highest BCUT2D eigenvalue weighted by Crippen LogP contribution is 2.30. The summed E-state index contributed by atoms with van der Waals surface area (Å²) in [5.74, 6) is -0.492. The Morgan fingerprint density at radius 2 is 1.61 bits per heavy atom. The Labute approximate surface area is 258 Å². The molecule has 2 N–H and O–H groups in total. The van der Waals surface area contributed by atoms with E-state index >= 15 is 0 Å². The predicted molar refractivity (Wildman–Crippen MR) is 167 cm³/mol. The molecule has 2 aromatic carbocycles.